The number of nitrogens with two attached hydrogens (primary N) is 1. The lowest BCUT2D eigenvalue weighted by molar-refractivity contribution is -0.256. The largest absolute Gasteiger partial charge is 0.404 e. The van der Waals surface area contributed by atoms with Crippen molar-refractivity contribution in [3.8, 4) is 0 Å². The Morgan fingerprint density at radius 2 is 1.86 bits per heavy atom. The van der Waals surface area contributed by atoms with E-state index >= 15 is 0 Å². The topological polar surface area (TPSA) is 108 Å². The Kier molecular flexibility index (Phi) is 7.32. The lowest BCUT2D eigenvalue weighted by atomic mass is 9.67. The summed E-state index contributed by atoms with van der Waals surface area (Å²) in [6.07, 6.45) is 2.51. The Morgan fingerprint density at radius 1 is 1.10 bits per heavy atom. The molecule has 1 saturated carbocycles. The number of carbonyl (C=O) groups is 3. The molecule has 11 heteroatoms. The maximum atomic E-state index is 13.6. The minimum Gasteiger partial charge on any atom is -0.404 e. The van der Waals surface area contributed by atoms with Crippen LogP contribution in [0.15, 0.2) is 47.1 Å². The number of nitrogens with zero attached hydrogens (tertiary/aromatic N) is 3. The molecule has 0 spiro atoms. The normalized spacial score (nSPS) is 23.6. The van der Waals surface area contributed by atoms with E-state index in [0.717, 1.165) is 21.9 Å². The van der Waals surface area contributed by atoms with Crippen LogP contribution in [0.25, 0.3) is 10.8 Å². The first-order valence-electron chi connectivity index (χ1n) is 14.5. The molecule has 3 amide bonds. The van der Waals surface area contributed by atoms with E-state index in [1.165, 1.54) is 11.1 Å². The number of allylic oxidation sites excluding steroid dienone is 1. The van der Waals surface area contributed by atoms with Gasteiger partial charge in [0.05, 0.1) is 17.1 Å². The zero-order valence-corrected chi connectivity index (χ0v) is 23.3. The number of likely N-dealkylation sites (tertiary alicyclic amines) is 1. The van der Waals surface area contributed by atoms with Crippen molar-refractivity contribution in [1.29, 1.82) is 0 Å². The average Bonchev–Trinajstić information content (AvgIpc) is 3.22. The minimum absolute atomic E-state index is 0.0203. The van der Waals surface area contributed by atoms with Crippen molar-refractivity contribution < 1.29 is 27.6 Å². The van der Waals surface area contributed by atoms with Crippen molar-refractivity contribution in [1.82, 2.24) is 10.2 Å². The number of carbonyl (C=O) groups excluding carboxylic acids is 3. The van der Waals surface area contributed by atoms with Crippen molar-refractivity contribution >= 4 is 40.4 Å². The number of piperidine rings is 2. The second kappa shape index (κ2) is 10.8. The van der Waals surface area contributed by atoms with E-state index in [4.69, 9.17) is 10.7 Å². The number of halogens is 3. The summed E-state index contributed by atoms with van der Waals surface area (Å²) in [5, 5.41) is 3.99. The number of alkyl halides is 3. The molecule has 4 aliphatic rings. The van der Waals surface area contributed by atoms with Crippen LogP contribution in [0, 0.1) is 5.41 Å². The molecule has 1 aliphatic carbocycles. The van der Waals surface area contributed by atoms with Crippen LogP contribution in [0.1, 0.15) is 60.9 Å². The summed E-state index contributed by atoms with van der Waals surface area (Å²) < 4.78 is 40.8. The van der Waals surface area contributed by atoms with Crippen LogP contribution >= 0.6 is 0 Å². The van der Waals surface area contributed by atoms with E-state index in [-0.39, 0.29) is 50.1 Å². The molecule has 1 unspecified atom stereocenters. The van der Waals surface area contributed by atoms with Crippen LogP contribution < -0.4 is 16.0 Å². The van der Waals surface area contributed by atoms with E-state index in [2.05, 4.69) is 5.32 Å². The monoisotopic (exact) mass is 581 g/mol. The molecule has 2 saturated heterocycles. The number of amides is 3. The first-order valence-corrected chi connectivity index (χ1v) is 14.5. The van der Waals surface area contributed by atoms with E-state index in [9.17, 15) is 27.6 Å². The molecule has 8 nitrogen and oxygen atoms in total. The van der Waals surface area contributed by atoms with Gasteiger partial charge in [-0.2, -0.15) is 13.2 Å². The molecule has 6 rings (SSSR count). The second-order valence-electron chi connectivity index (χ2n) is 11.9. The molecule has 0 aromatic heterocycles. The summed E-state index contributed by atoms with van der Waals surface area (Å²) in [5.74, 6) is -1.07. The van der Waals surface area contributed by atoms with E-state index < -0.39 is 23.5 Å². The van der Waals surface area contributed by atoms with Crippen LogP contribution in [0.4, 0.5) is 18.9 Å². The van der Waals surface area contributed by atoms with Crippen molar-refractivity contribution in [2.24, 2.45) is 16.1 Å². The number of benzene rings is 2. The van der Waals surface area contributed by atoms with Crippen LogP contribution in [0.5, 0.6) is 0 Å². The fourth-order valence-corrected chi connectivity index (χ4v) is 6.82. The van der Waals surface area contributed by atoms with Crippen LogP contribution in [-0.2, 0) is 16.0 Å². The van der Waals surface area contributed by atoms with Gasteiger partial charge in [0.25, 0.3) is 5.91 Å². The highest BCUT2D eigenvalue weighted by Gasteiger charge is 2.58. The molecule has 0 radical (unpaired) electrons. The van der Waals surface area contributed by atoms with Gasteiger partial charge in [-0.15, -0.1) is 0 Å². The van der Waals surface area contributed by atoms with Gasteiger partial charge in [0, 0.05) is 49.6 Å². The predicted molar refractivity (Wildman–Crippen MR) is 153 cm³/mol. The van der Waals surface area contributed by atoms with Gasteiger partial charge in [-0.05, 0) is 67.0 Å². The molecule has 222 valence electrons. The molecule has 0 bridgehead atoms. The highest BCUT2D eigenvalue weighted by atomic mass is 19.4. The van der Waals surface area contributed by atoms with Gasteiger partial charge in [0.15, 0.2) is 0 Å². The number of anilines is 1. The number of hydrogen-bond donors (Lipinski definition) is 2. The Hall–Kier alpha value is -3.73. The third-order valence-electron chi connectivity index (χ3n) is 9.39. The van der Waals surface area contributed by atoms with Crippen molar-refractivity contribution in [3.05, 3.63) is 53.2 Å². The highest BCUT2D eigenvalue weighted by Crippen LogP contribution is 2.53. The zero-order valence-electron chi connectivity index (χ0n) is 23.3. The zero-order chi connectivity index (χ0) is 29.6. The summed E-state index contributed by atoms with van der Waals surface area (Å²) in [5.41, 5.74) is 7.33. The Labute approximate surface area is 241 Å². The quantitative estimate of drug-likeness (QED) is 0.375. The van der Waals surface area contributed by atoms with Gasteiger partial charge in [0.1, 0.15) is 6.04 Å². The lowest BCUT2D eigenvalue weighted by Crippen LogP contribution is -2.53. The van der Waals surface area contributed by atoms with E-state index in [1.807, 2.05) is 29.2 Å². The Bertz CT molecular complexity index is 1490. The van der Waals surface area contributed by atoms with Crippen LogP contribution in [0.2, 0.25) is 0 Å². The van der Waals surface area contributed by atoms with Gasteiger partial charge in [-0.3, -0.25) is 29.6 Å². The molecule has 42 heavy (non-hydrogen) atoms. The van der Waals surface area contributed by atoms with Crippen molar-refractivity contribution in [3.63, 3.8) is 0 Å². The average molecular weight is 582 g/mol. The summed E-state index contributed by atoms with van der Waals surface area (Å²) >= 11 is 0. The maximum Gasteiger partial charge on any atom is 0.395 e. The molecule has 2 aromatic carbocycles. The summed E-state index contributed by atoms with van der Waals surface area (Å²) in [6.45, 7) is 1.26. The number of rotatable bonds is 7. The summed E-state index contributed by atoms with van der Waals surface area (Å²) in [6, 6.07) is 8.54. The number of imide groups is 1. The Morgan fingerprint density at radius 3 is 2.50 bits per heavy atom. The van der Waals surface area contributed by atoms with Gasteiger partial charge < -0.3 is 10.6 Å². The maximum absolute atomic E-state index is 13.6. The standard InChI is InChI=1S/C31H34F3N5O3/c32-31(33,34)30(11-2-12-30)18-38-13-9-21(10-14-38)36-17-19(16-35)15-20-5-6-24-27-22(20)3-1-4-23(27)29(42)39(24)25-7-8-26(40)37-28(25)41/h1,3-6,16-17,21,25H,2,7-15,18,35H2,(H,37,40,41). The molecule has 1 atom stereocenters. The summed E-state index contributed by atoms with van der Waals surface area (Å²) in [7, 11) is 0. The molecule has 2 aromatic rings. The van der Waals surface area contributed by atoms with Crippen molar-refractivity contribution in [2.75, 3.05) is 24.5 Å². The van der Waals surface area contributed by atoms with E-state index in [0.29, 0.717) is 50.0 Å². The van der Waals surface area contributed by atoms with Gasteiger partial charge in [-0.25, -0.2) is 0 Å². The molecule has 3 N–H and O–H groups in total. The number of aliphatic imine (C=N–C) groups is 1. The third-order valence-corrected chi connectivity index (χ3v) is 9.39. The smallest absolute Gasteiger partial charge is 0.395 e. The van der Waals surface area contributed by atoms with Gasteiger partial charge in [-0.1, -0.05) is 24.6 Å². The molecular formula is C31H34F3N5O3. The van der Waals surface area contributed by atoms with E-state index in [1.54, 1.807) is 12.3 Å². The van der Waals surface area contributed by atoms with Crippen molar-refractivity contribution in [2.45, 2.75) is 69.6 Å². The fraction of sp³-hybridized carbons (Fsp3) is 0.484. The van der Waals surface area contributed by atoms with Crippen LogP contribution in [0.3, 0.4) is 0 Å². The lowest BCUT2D eigenvalue weighted by Gasteiger charge is -2.47. The molecule has 3 aliphatic heterocycles. The SMILES string of the molecule is NC=C(C=NC1CCN(CC2(C(F)(F)F)CCC2)CC1)Cc1ccc2c3c(cccc13)C(=O)N2C1CCC(=O)NC1=O. The predicted octanol–water partition coefficient (Wildman–Crippen LogP) is 4.26. The molecular weight excluding hydrogens is 547 g/mol. The summed E-state index contributed by atoms with van der Waals surface area (Å²) in [4.78, 5) is 45.8. The second-order valence-corrected chi connectivity index (χ2v) is 11.9. The molecule has 3 fully saturated rings. The first-order chi connectivity index (χ1) is 20.1. The fourth-order valence-electron chi connectivity index (χ4n) is 6.82. The first kappa shape index (κ1) is 28.4. The minimum atomic E-state index is -4.15. The highest BCUT2D eigenvalue weighted by molar-refractivity contribution is 6.27. The number of hydrogen-bond acceptors (Lipinski definition) is 6. The van der Waals surface area contributed by atoms with Gasteiger partial charge >= 0.3 is 6.18 Å². The van der Waals surface area contributed by atoms with Crippen LogP contribution in [-0.4, -0.2) is 66.7 Å². The third kappa shape index (κ3) is 4.97. The van der Waals surface area contributed by atoms with Gasteiger partial charge in [0.2, 0.25) is 11.8 Å². The molecule has 3 heterocycles. The number of nitrogens with one attached hydrogen (secondary N) is 1. The Balaban J connectivity index is 1.14.